The van der Waals surface area contributed by atoms with Crippen molar-refractivity contribution in [1.29, 1.82) is 0 Å². The zero-order chi connectivity index (χ0) is 21.2. The molecule has 160 valence electrons. The number of nitrogens with one attached hydrogen (secondary N) is 1. The van der Waals surface area contributed by atoms with Crippen LogP contribution in [-0.2, 0) is 0 Å². The number of rotatable bonds is 6. The Kier molecular flexibility index (Phi) is 5.92. The number of thioether (sulfide) groups is 1. The standard InChI is InChI=1S/C23H28BN5OS/c24-19-12-26-29-22(10-20(27-23(19)29)18-5-1-2-6-21(18)30)25-11-16-4-3-8-28(13-16)14-17-7-9-31-15-17/h1-2,5-7,9-10,12,16-17,25,30H,3-4,8,11,13-15,24H2. The lowest BCUT2D eigenvalue weighted by atomic mass is 9.97. The van der Waals surface area contributed by atoms with Crippen molar-refractivity contribution >= 4 is 36.5 Å². The lowest BCUT2D eigenvalue weighted by molar-refractivity contribution is 0.170. The molecule has 2 aromatic heterocycles. The van der Waals surface area contributed by atoms with E-state index in [1.165, 1.54) is 31.7 Å². The second-order valence-electron chi connectivity index (χ2n) is 8.68. The van der Waals surface area contributed by atoms with Crippen molar-refractivity contribution in [2.75, 3.05) is 37.2 Å². The molecule has 0 spiro atoms. The van der Waals surface area contributed by atoms with Gasteiger partial charge in [-0.1, -0.05) is 18.2 Å². The van der Waals surface area contributed by atoms with Gasteiger partial charge in [0.25, 0.3) is 0 Å². The minimum Gasteiger partial charge on any atom is -0.507 e. The average Bonchev–Trinajstić information content (AvgIpc) is 3.43. The molecule has 1 fully saturated rings. The van der Waals surface area contributed by atoms with Crippen molar-refractivity contribution in [2.45, 2.75) is 12.8 Å². The van der Waals surface area contributed by atoms with E-state index < -0.39 is 0 Å². The fourth-order valence-electron chi connectivity index (χ4n) is 4.61. The molecule has 5 rings (SSSR count). The van der Waals surface area contributed by atoms with Crippen molar-refractivity contribution in [3.63, 3.8) is 0 Å². The van der Waals surface area contributed by atoms with Gasteiger partial charge < -0.3 is 15.3 Å². The molecule has 1 aromatic carbocycles. The SMILES string of the molecule is Bc1cnn2c(NCC3CCCN(CC4C=CSC4)C3)cc(-c3ccccc3O)nc12. The van der Waals surface area contributed by atoms with Crippen molar-refractivity contribution in [2.24, 2.45) is 11.8 Å². The highest BCUT2D eigenvalue weighted by Crippen LogP contribution is 2.29. The van der Waals surface area contributed by atoms with Crippen LogP contribution in [0.1, 0.15) is 12.8 Å². The number of benzene rings is 1. The summed E-state index contributed by atoms with van der Waals surface area (Å²) in [6.07, 6.45) is 6.71. The van der Waals surface area contributed by atoms with E-state index in [0.717, 1.165) is 41.3 Å². The minimum atomic E-state index is 0.240. The van der Waals surface area contributed by atoms with Gasteiger partial charge in [-0.25, -0.2) is 4.98 Å². The molecule has 0 amide bonds. The van der Waals surface area contributed by atoms with Gasteiger partial charge in [-0.05, 0) is 54.2 Å². The number of phenolic OH excluding ortho intramolecular Hbond substituents is 1. The van der Waals surface area contributed by atoms with E-state index in [9.17, 15) is 5.11 Å². The third-order valence-corrected chi connectivity index (χ3v) is 7.22. The number of phenols is 1. The van der Waals surface area contributed by atoms with Crippen LogP contribution in [0, 0.1) is 11.8 Å². The Hall–Kier alpha value is -2.45. The first-order chi connectivity index (χ1) is 15.2. The molecule has 2 unspecified atom stereocenters. The molecular weight excluding hydrogens is 405 g/mol. The molecule has 8 heteroatoms. The largest absolute Gasteiger partial charge is 0.507 e. The number of piperidine rings is 1. The van der Waals surface area contributed by atoms with Crippen molar-refractivity contribution < 1.29 is 5.11 Å². The van der Waals surface area contributed by atoms with Crippen LogP contribution >= 0.6 is 11.8 Å². The first kappa shape index (κ1) is 20.5. The minimum absolute atomic E-state index is 0.240. The smallest absolute Gasteiger partial charge is 0.151 e. The van der Waals surface area contributed by atoms with Gasteiger partial charge in [0.15, 0.2) is 5.65 Å². The van der Waals surface area contributed by atoms with Crippen LogP contribution in [-0.4, -0.2) is 64.4 Å². The van der Waals surface area contributed by atoms with E-state index >= 15 is 0 Å². The molecule has 1 saturated heterocycles. The van der Waals surface area contributed by atoms with Crippen molar-refractivity contribution in [3.8, 4) is 17.0 Å². The summed E-state index contributed by atoms with van der Waals surface area (Å²) in [7, 11) is 2.02. The maximum absolute atomic E-state index is 10.3. The van der Waals surface area contributed by atoms with Gasteiger partial charge in [0, 0.05) is 43.2 Å². The van der Waals surface area contributed by atoms with Gasteiger partial charge in [0.2, 0.25) is 0 Å². The summed E-state index contributed by atoms with van der Waals surface area (Å²) in [4.78, 5) is 7.40. The zero-order valence-electron chi connectivity index (χ0n) is 17.9. The number of anilines is 1. The number of aromatic hydroxyl groups is 1. The highest BCUT2D eigenvalue weighted by molar-refractivity contribution is 8.02. The number of likely N-dealkylation sites (tertiary alicyclic amines) is 1. The topological polar surface area (TPSA) is 65.7 Å². The highest BCUT2D eigenvalue weighted by atomic mass is 32.2. The molecule has 2 aliphatic heterocycles. The van der Waals surface area contributed by atoms with Gasteiger partial charge >= 0.3 is 0 Å². The predicted molar refractivity (Wildman–Crippen MR) is 131 cm³/mol. The van der Waals surface area contributed by atoms with Crippen LogP contribution in [0.15, 0.2) is 48.0 Å². The third kappa shape index (κ3) is 4.46. The summed E-state index contributed by atoms with van der Waals surface area (Å²) in [5.74, 6) is 3.69. The number of hydrogen-bond acceptors (Lipinski definition) is 6. The van der Waals surface area contributed by atoms with Crippen molar-refractivity contribution in [3.05, 3.63) is 48.0 Å². The summed E-state index contributed by atoms with van der Waals surface area (Å²) in [6, 6.07) is 9.35. The molecule has 4 heterocycles. The summed E-state index contributed by atoms with van der Waals surface area (Å²) in [6.45, 7) is 4.43. The Labute approximate surface area is 188 Å². The summed E-state index contributed by atoms with van der Waals surface area (Å²) >= 11 is 1.93. The fraction of sp³-hybridized carbons (Fsp3) is 0.391. The number of hydrogen-bond donors (Lipinski definition) is 2. The van der Waals surface area contributed by atoms with Crippen LogP contribution in [0.2, 0.25) is 0 Å². The Balaban J connectivity index is 1.34. The van der Waals surface area contributed by atoms with Gasteiger partial charge in [0.05, 0.1) is 5.69 Å². The molecule has 2 atom stereocenters. The van der Waals surface area contributed by atoms with Crippen LogP contribution in [0.5, 0.6) is 5.75 Å². The number of para-hydroxylation sites is 1. The maximum atomic E-state index is 10.3. The molecule has 6 nitrogen and oxygen atoms in total. The Morgan fingerprint density at radius 1 is 1.29 bits per heavy atom. The third-order valence-electron chi connectivity index (χ3n) is 6.25. The lowest BCUT2D eigenvalue weighted by Crippen LogP contribution is -2.40. The number of aromatic nitrogens is 3. The second-order valence-corrected chi connectivity index (χ2v) is 9.62. The molecule has 2 N–H and O–H groups in total. The normalized spacial score (nSPS) is 21.7. The van der Waals surface area contributed by atoms with Gasteiger partial charge in [-0.15, -0.1) is 11.8 Å². The second kappa shape index (κ2) is 8.97. The molecule has 3 aromatic rings. The van der Waals surface area contributed by atoms with Gasteiger partial charge in [0.1, 0.15) is 19.4 Å². The monoisotopic (exact) mass is 433 g/mol. The zero-order valence-corrected chi connectivity index (χ0v) is 18.7. The maximum Gasteiger partial charge on any atom is 0.151 e. The van der Waals surface area contributed by atoms with Gasteiger partial charge in [-0.2, -0.15) is 9.61 Å². The Morgan fingerprint density at radius 3 is 3.03 bits per heavy atom. The first-order valence-corrected chi connectivity index (χ1v) is 12.1. The van der Waals surface area contributed by atoms with E-state index in [2.05, 4.69) is 26.8 Å². The molecule has 0 aliphatic carbocycles. The average molecular weight is 433 g/mol. The number of fused-ring (bicyclic) bond motifs is 1. The molecule has 31 heavy (non-hydrogen) atoms. The molecule has 0 saturated carbocycles. The molecular formula is C23H28BN5OS. The van der Waals surface area contributed by atoms with Crippen LogP contribution in [0.3, 0.4) is 0 Å². The fourth-order valence-corrected chi connectivity index (χ4v) is 5.51. The van der Waals surface area contributed by atoms with E-state index in [1.807, 2.05) is 54.6 Å². The van der Waals surface area contributed by atoms with Crippen LogP contribution in [0.4, 0.5) is 5.82 Å². The molecule has 0 radical (unpaired) electrons. The Morgan fingerprint density at radius 2 is 2.19 bits per heavy atom. The van der Waals surface area contributed by atoms with E-state index in [4.69, 9.17) is 4.98 Å². The summed E-state index contributed by atoms with van der Waals surface area (Å²) < 4.78 is 1.87. The van der Waals surface area contributed by atoms with E-state index in [1.54, 1.807) is 6.07 Å². The van der Waals surface area contributed by atoms with Crippen molar-refractivity contribution in [1.82, 2.24) is 19.5 Å². The Bertz CT molecular complexity index is 1100. The lowest BCUT2D eigenvalue weighted by Gasteiger charge is -2.34. The predicted octanol–water partition coefficient (Wildman–Crippen LogP) is 2.36. The van der Waals surface area contributed by atoms with Crippen LogP contribution in [0.25, 0.3) is 16.9 Å². The highest BCUT2D eigenvalue weighted by Gasteiger charge is 2.23. The summed E-state index contributed by atoms with van der Waals surface area (Å²) in [5, 5.41) is 20.8. The molecule has 0 bridgehead atoms. The molecule has 2 aliphatic rings. The van der Waals surface area contributed by atoms with Crippen LogP contribution < -0.4 is 10.8 Å². The summed E-state index contributed by atoms with van der Waals surface area (Å²) in [5.41, 5.74) is 3.33. The quantitative estimate of drug-likeness (QED) is 0.582. The van der Waals surface area contributed by atoms with Gasteiger partial charge in [-0.3, -0.25) is 0 Å². The van der Waals surface area contributed by atoms with E-state index in [0.29, 0.717) is 11.8 Å². The first-order valence-electron chi connectivity index (χ1n) is 11.1. The number of nitrogens with zero attached hydrogens (tertiary/aromatic N) is 4. The van der Waals surface area contributed by atoms with E-state index in [-0.39, 0.29) is 5.75 Å².